The molecule has 0 radical (unpaired) electrons. The first-order chi connectivity index (χ1) is 8.95. The Kier molecular flexibility index (Phi) is 4.04. The van der Waals surface area contributed by atoms with Gasteiger partial charge in [-0.3, -0.25) is 10.1 Å². The van der Waals surface area contributed by atoms with Gasteiger partial charge in [0, 0.05) is 24.2 Å². The van der Waals surface area contributed by atoms with Crippen LogP contribution in [0.1, 0.15) is 18.2 Å². The van der Waals surface area contributed by atoms with Crippen LogP contribution in [0.3, 0.4) is 0 Å². The van der Waals surface area contributed by atoms with E-state index in [0.717, 1.165) is 4.88 Å². The van der Waals surface area contributed by atoms with E-state index in [9.17, 15) is 9.59 Å². The fraction of sp³-hybridized carbons (Fsp3) is 0.583. The molecule has 6 nitrogen and oxygen atoms in total. The second kappa shape index (κ2) is 5.56. The Balaban J connectivity index is 2.00. The minimum Gasteiger partial charge on any atom is -0.481 e. The van der Waals surface area contributed by atoms with E-state index in [1.165, 1.54) is 11.3 Å². The first-order valence-corrected chi connectivity index (χ1v) is 6.98. The lowest BCUT2D eigenvalue weighted by atomic mass is 9.91. The van der Waals surface area contributed by atoms with Crippen LogP contribution in [0.5, 0.6) is 0 Å². The molecule has 104 valence electrons. The third kappa shape index (κ3) is 3.44. The van der Waals surface area contributed by atoms with E-state index in [1.54, 1.807) is 11.1 Å². The van der Waals surface area contributed by atoms with E-state index < -0.39 is 11.9 Å². The molecule has 2 rings (SSSR count). The molecule has 0 aliphatic carbocycles. The van der Waals surface area contributed by atoms with Crippen molar-refractivity contribution in [3.63, 3.8) is 0 Å². The van der Waals surface area contributed by atoms with Gasteiger partial charge >= 0.3 is 12.0 Å². The summed E-state index contributed by atoms with van der Waals surface area (Å²) >= 11 is 1.40. The molecule has 1 saturated heterocycles. The number of urea groups is 1. The third-order valence-corrected chi connectivity index (χ3v) is 3.96. The van der Waals surface area contributed by atoms with Crippen molar-refractivity contribution in [2.45, 2.75) is 20.3 Å². The predicted octanol–water partition coefficient (Wildman–Crippen LogP) is 2.03. The summed E-state index contributed by atoms with van der Waals surface area (Å²) in [7, 11) is 0. The summed E-state index contributed by atoms with van der Waals surface area (Å²) in [5.41, 5.74) is 0. The van der Waals surface area contributed by atoms with Gasteiger partial charge in [0.25, 0.3) is 0 Å². The first-order valence-electron chi connectivity index (χ1n) is 6.17. The second-order valence-corrected chi connectivity index (χ2v) is 6.22. The van der Waals surface area contributed by atoms with Crippen LogP contribution in [0.2, 0.25) is 0 Å². The minimum absolute atomic E-state index is 0.193. The van der Waals surface area contributed by atoms with Crippen LogP contribution < -0.4 is 5.32 Å². The standard InChI is InChI=1S/C12H17N3O3S/c1-7-3-9(10(16)17)6-15(5-7)12(18)14-11-13-4-8(2)19-11/h4,7,9H,3,5-6H2,1-2H3,(H,16,17)(H,13,14,18). The monoisotopic (exact) mass is 283 g/mol. The number of carboxylic acid groups (broad SMARTS) is 1. The van der Waals surface area contributed by atoms with Gasteiger partial charge in [-0.05, 0) is 19.3 Å². The van der Waals surface area contributed by atoms with Gasteiger partial charge < -0.3 is 10.0 Å². The molecule has 2 heterocycles. The van der Waals surface area contributed by atoms with Crippen LogP contribution in [0.25, 0.3) is 0 Å². The number of nitrogens with one attached hydrogen (secondary N) is 1. The highest BCUT2D eigenvalue weighted by Crippen LogP contribution is 2.23. The average Bonchev–Trinajstić information content (AvgIpc) is 2.73. The van der Waals surface area contributed by atoms with Crippen LogP contribution in [0.15, 0.2) is 6.20 Å². The van der Waals surface area contributed by atoms with Crippen LogP contribution in [-0.4, -0.2) is 40.1 Å². The molecular weight excluding hydrogens is 266 g/mol. The van der Waals surface area contributed by atoms with E-state index in [4.69, 9.17) is 5.11 Å². The zero-order chi connectivity index (χ0) is 14.0. The number of amides is 2. The SMILES string of the molecule is Cc1cnc(NC(=O)N2CC(C)CC(C(=O)O)C2)s1. The molecule has 2 N–H and O–H groups in total. The highest BCUT2D eigenvalue weighted by atomic mass is 32.1. The molecule has 2 amide bonds. The number of likely N-dealkylation sites (tertiary alicyclic amines) is 1. The van der Waals surface area contributed by atoms with Crippen molar-refractivity contribution in [2.75, 3.05) is 18.4 Å². The van der Waals surface area contributed by atoms with Crippen LogP contribution in [-0.2, 0) is 4.79 Å². The van der Waals surface area contributed by atoms with E-state index in [-0.39, 0.29) is 18.5 Å². The predicted molar refractivity (Wildman–Crippen MR) is 72.3 cm³/mol. The molecule has 7 heteroatoms. The van der Waals surface area contributed by atoms with Crippen molar-refractivity contribution in [1.82, 2.24) is 9.88 Å². The molecule has 1 aromatic heterocycles. The fourth-order valence-electron chi connectivity index (χ4n) is 2.28. The van der Waals surface area contributed by atoms with Crippen molar-refractivity contribution in [3.05, 3.63) is 11.1 Å². The quantitative estimate of drug-likeness (QED) is 0.870. The summed E-state index contributed by atoms with van der Waals surface area (Å²) in [4.78, 5) is 29.8. The molecule has 2 atom stereocenters. The van der Waals surface area contributed by atoms with Gasteiger partial charge in [0.05, 0.1) is 5.92 Å². The number of carbonyl (C=O) groups is 2. The Morgan fingerprint density at radius 2 is 2.26 bits per heavy atom. The summed E-state index contributed by atoms with van der Waals surface area (Å²) in [5, 5.41) is 12.3. The number of anilines is 1. The number of aliphatic carboxylic acids is 1. The molecule has 19 heavy (non-hydrogen) atoms. The van der Waals surface area contributed by atoms with E-state index >= 15 is 0 Å². The summed E-state index contributed by atoms with van der Waals surface area (Å²) in [5.74, 6) is -1.12. The molecule has 0 bridgehead atoms. The van der Waals surface area contributed by atoms with Crippen molar-refractivity contribution in [3.8, 4) is 0 Å². The number of piperidine rings is 1. The van der Waals surface area contributed by atoms with Crippen LogP contribution in [0, 0.1) is 18.8 Å². The van der Waals surface area contributed by atoms with Gasteiger partial charge in [0.2, 0.25) is 0 Å². The summed E-state index contributed by atoms with van der Waals surface area (Å²) < 4.78 is 0. The van der Waals surface area contributed by atoms with Gasteiger partial charge in [-0.2, -0.15) is 0 Å². The number of hydrogen-bond acceptors (Lipinski definition) is 4. The average molecular weight is 283 g/mol. The van der Waals surface area contributed by atoms with E-state index in [2.05, 4.69) is 10.3 Å². The van der Waals surface area contributed by atoms with Crippen molar-refractivity contribution >= 4 is 28.5 Å². The number of carbonyl (C=O) groups excluding carboxylic acids is 1. The van der Waals surface area contributed by atoms with Crippen molar-refractivity contribution in [1.29, 1.82) is 0 Å². The van der Waals surface area contributed by atoms with Crippen molar-refractivity contribution in [2.24, 2.45) is 11.8 Å². The second-order valence-electron chi connectivity index (χ2n) is 4.99. The first kappa shape index (κ1) is 13.8. The molecule has 2 unspecified atom stereocenters. The van der Waals surface area contributed by atoms with Gasteiger partial charge in [0.1, 0.15) is 0 Å². The van der Waals surface area contributed by atoms with Gasteiger partial charge in [0.15, 0.2) is 5.13 Å². The van der Waals surface area contributed by atoms with E-state index in [1.807, 2.05) is 13.8 Å². The summed E-state index contributed by atoms with van der Waals surface area (Å²) in [6.07, 6.45) is 2.31. The lowest BCUT2D eigenvalue weighted by Crippen LogP contribution is -2.47. The number of carboxylic acids is 1. The fourth-order valence-corrected chi connectivity index (χ4v) is 2.93. The number of aryl methyl sites for hydroxylation is 1. The molecule has 1 fully saturated rings. The van der Waals surface area contributed by atoms with Crippen LogP contribution in [0.4, 0.5) is 9.93 Å². The molecule has 0 spiro atoms. The molecule has 0 aromatic carbocycles. The van der Waals surface area contributed by atoms with Gasteiger partial charge in [-0.15, -0.1) is 11.3 Å². The highest BCUT2D eigenvalue weighted by Gasteiger charge is 2.32. The third-order valence-electron chi connectivity index (χ3n) is 3.13. The summed E-state index contributed by atoms with van der Waals surface area (Å²) in [6.45, 7) is 4.72. The Labute approximate surface area is 115 Å². The Bertz CT molecular complexity index is 488. The van der Waals surface area contributed by atoms with Gasteiger partial charge in [-0.25, -0.2) is 9.78 Å². The molecule has 1 aromatic rings. The summed E-state index contributed by atoms with van der Waals surface area (Å²) in [6, 6.07) is -0.271. The van der Waals surface area contributed by atoms with Crippen LogP contribution >= 0.6 is 11.3 Å². The number of hydrogen-bond donors (Lipinski definition) is 2. The van der Waals surface area contributed by atoms with E-state index in [0.29, 0.717) is 18.1 Å². The molecule has 0 saturated carbocycles. The normalized spacial score (nSPS) is 23.2. The van der Waals surface area contributed by atoms with Gasteiger partial charge in [-0.1, -0.05) is 6.92 Å². The lowest BCUT2D eigenvalue weighted by molar-refractivity contribution is -0.143. The lowest BCUT2D eigenvalue weighted by Gasteiger charge is -2.34. The largest absolute Gasteiger partial charge is 0.481 e. The smallest absolute Gasteiger partial charge is 0.323 e. The molecular formula is C12H17N3O3S. The maximum atomic E-state index is 12.1. The number of rotatable bonds is 2. The number of aromatic nitrogens is 1. The zero-order valence-electron chi connectivity index (χ0n) is 10.9. The Morgan fingerprint density at radius 1 is 1.53 bits per heavy atom. The maximum Gasteiger partial charge on any atom is 0.323 e. The topological polar surface area (TPSA) is 82.5 Å². The zero-order valence-corrected chi connectivity index (χ0v) is 11.7. The molecule has 1 aliphatic rings. The van der Waals surface area contributed by atoms with Crippen molar-refractivity contribution < 1.29 is 14.7 Å². The molecule has 1 aliphatic heterocycles. The highest BCUT2D eigenvalue weighted by molar-refractivity contribution is 7.15. The number of thiazole rings is 1. The minimum atomic E-state index is -0.838. The maximum absolute atomic E-state index is 12.1. The Morgan fingerprint density at radius 3 is 2.84 bits per heavy atom. The number of nitrogens with zero attached hydrogens (tertiary/aromatic N) is 2. The Hall–Kier alpha value is -1.63.